The van der Waals surface area contributed by atoms with Crippen LogP contribution in [0.15, 0.2) is 84.4 Å². The van der Waals surface area contributed by atoms with Crippen molar-refractivity contribution in [2.24, 2.45) is 11.8 Å². The quantitative estimate of drug-likeness (QED) is 0.280. The van der Waals surface area contributed by atoms with E-state index in [1.54, 1.807) is 18.3 Å². The van der Waals surface area contributed by atoms with Crippen LogP contribution in [-0.4, -0.2) is 31.1 Å². The van der Waals surface area contributed by atoms with Gasteiger partial charge < -0.3 is 4.74 Å². The summed E-state index contributed by atoms with van der Waals surface area (Å²) >= 11 is 0. The van der Waals surface area contributed by atoms with E-state index in [1.807, 2.05) is 0 Å². The normalized spacial score (nSPS) is 25.9. The van der Waals surface area contributed by atoms with Crippen molar-refractivity contribution in [1.82, 2.24) is 4.90 Å². The molecule has 0 aromatic heterocycles. The third-order valence-electron chi connectivity index (χ3n) is 9.67. The molecule has 2 bridgehead atoms. The van der Waals surface area contributed by atoms with Crippen molar-refractivity contribution in [2.75, 3.05) is 20.2 Å². The standard InChI is InChI=1S/C35H37NO/c1-23-17-29(26-8-9-28-21-33(37-2)14-13-27(28)18-26)15-16-36(23)22-34-30-10-12-32(20-30)35(34)31-11-7-24-5-3-4-6-25(24)19-31/h3-9,11,13-14,18-19,21,23,29-30,32H,10,12,15-17,20,22H2,1-2H3/t23?,29?,30-,32+/m1/s1. The van der Waals surface area contributed by atoms with Gasteiger partial charge in [-0.15, -0.1) is 0 Å². The monoisotopic (exact) mass is 487 g/mol. The van der Waals surface area contributed by atoms with Crippen molar-refractivity contribution in [3.63, 3.8) is 0 Å². The summed E-state index contributed by atoms with van der Waals surface area (Å²) in [5, 5.41) is 5.30. The first kappa shape index (κ1) is 23.0. The van der Waals surface area contributed by atoms with E-state index >= 15 is 0 Å². The number of nitrogens with zero attached hydrogens (tertiary/aromatic N) is 1. The van der Waals surface area contributed by atoms with Gasteiger partial charge in [-0.3, -0.25) is 4.90 Å². The molecule has 37 heavy (non-hydrogen) atoms. The molecule has 2 unspecified atom stereocenters. The average molecular weight is 488 g/mol. The summed E-state index contributed by atoms with van der Waals surface area (Å²) in [7, 11) is 1.74. The maximum atomic E-state index is 5.41. The molecule has 4 aromatic carbocycles. The van der Waals surface area contributed by atoms with Gasteiger partial charge in [0.25, 0.3) is 0 Å². The van der Waals surface area contributed by atoms with E-state index in [4.69, 9.17) is 4.74 Å². The van der Waals surface area contributed by atoms with Gasteiger partial charge in [0.2, 0.25) is 0 Å². The minimum Gasteiger partial charge on any atom is -0.497 e. The predicted molar refractivity (Wildman–Crippen MR) is 155 cm³/mol. The number of hydrogen-bond acceptors (Lipinski definition) is 2. The molecule has 2 fully saturated rings. The second-order valence-corrected chi connectivity index (χ2v) is 11.7. The van der Waals surface area contributed by atoms with E-state index in [0.29, 0.717) is 12.0 Å². The topological polar surface area (TPSA) is 12.5 Å². The highest BCUT2D eigenvalue weighted by Crippen LogP contribution is 2.53. The Hall–Kier alpha value is -3.10. The van der Waals surface area contributed by atoms with Gasteiger partial charge in [0.05, 0.1) is 7.11 Å². The van der Waals surface area contributed by atoms with Gasteiger partial charge in [0.15, 0.2) is 0 Å². The van der Waals surface area contributed by atoms with E-state index in [9.17, 15) is 0 Å². The Bertz CT molecular complexity index is 1500. The Kier molecular flexibility index (Phi) is 5.81. The molecule has 4 aromatic rings. The molecular formula is C35H37NO. The molecular weight excluding hydrogens is 450 g/mol. The van der Waals surface area contributed by atoms with E-state index in [-0.39, 0.29) is 0 Å². The Morgan fingerprint density at radius 1 is 0.730 bits per heavy atom. The van der Waals surface area contributed by atoms with Crippen LogP contribution < -0.4 is 4.74 Å². The molecule has 0 amide bonds. The Morgan fingerprint density at radius 2 is 1.49 bits per heavy atom. The highest BCUT2D eigenvalue weighted by Gasteiger charge is 2.40. The summed E-state index contributed by atoms with van der Waals surface area (Å²) in [4.78, 5) is 2.79. The molecule has 188 valence electrons. The largest absolute Gasteiger partial charge is 0.497 e. The van der Waals surface area contributed by atoms with Crippen LogP contribution in [0, 0.1) is 11.8 Å². The molecule has 0 N–H and O–H groups in total. The zero-order valence-electron chi connectivity index (χ0n) is 22.1. The molecule has 1 saturated carbocycles. The maximum Gasteiger partial charge on any atom is 0.119 e. The van der Waals surface area contributed by atoms with Gasteiger partial charge in [0.1, 0.15) is 5.75 Å². The molecule has 1 saturated heterocycles. The van der Waals surface area contributed by atoms with Gasteiger partial charge >= 0.3 is 0 Å². The second-order valence-electron chi connectivity index (χ2n) is 11.7. The number of fused-ring (bicyclic) bond motifs is 4. The number of rotatable bonds is 5. The van der Waals surface area contributed by atoms with Crippen LogP contribution in [0.3, 0.4) is 0 Å². The number of ether oxygens (including phenoxy) is 1. The molecule has 1 aliphatic heterocycles. The van der Waals surface area contributed by atoms with Crippen molar-refractivity contribution in [1.29, 1.82) is 0 Å². The lowest BCUT2D eigenvalue weighted by Gasteiger charge is -2.39. The molecule has 0 radical (unpaired) electrons. The van der Waals surface area contributed by atoms with Gasteiger partial charge in [-0.25, -0.2) is 0 Å². The molecule has 7 rings (SSSR count). The summed E-state index contributed by atoms with van der Waals surface area (Å²) < 4.78 is 5.41. The average Bonchev–Trinajstić information content (AvgIpc) is 3.55. The van der Waals surface area contributed by atoms with Crippen LogP contribution in [0.25, 0.3) is 27.1 Å². The molecule has 3 aliphatic rings. The molecule has 2 nitrogen and oxygen atoms in total. The number of hydrogen-bond donors (Lipinski definition) is 0. The van der Waals surface area contributed by atoms with Crippen LogP contribution in [0.2, 0.25) is 0 Å². The zero-order valence-corrected chi connectivity index (χ0v) is 22.1. The molecule has 0 spiro atoms. The summed E-state index contributed by atoms with van der Waals surface area (Å²) in [5.74, 6) is 3.14. The van der Waals surface area contributed by atoms with Crippen LogP contribution in [0.5, 0.6) is 5.75 Å². The maximum absolute atomic E-state index is 5.41. The van der Waals surface area contributed by atoms with E-state index in [0.717, 1.165) is 24.1 Å². The number of likely N-dealkylation sites (tertiary alicyclic amines) is 1. The van der Waals surface area contributed by atoms with E-state index < -0.39 is 0 Å². The lowest BCUT2D eigenvalue weighted by Crippen LogP contribution is -2.41. The van der Waals surface area contributed by atoms with Gasteiger partial charge in [-0.2, -0.15) is 0 Å². The Balaban J connectivity index is 1.12. The lowest BCUT2D eigenvalue weighted by molar-refractivity contribution is 0.156. The fraction of sp³-hybridized carbons (Fsp3) is 0.371. The second kappa shape index (κ2) is 9.33. The SMILES string of the molecule is COc1ccc2cc(C3CCN(CC4=C(c5ccc6ccccc6c5)[C@H]5CC[C@@H]4C5)C(C)C3)ccc2c1. The van der Waals surface area contributed by atoms with Gasteiger partial charge in [0, 0.05) is 12.6 Å². The number of methoxy groups -OCH3 is 1. The zero-order chi connectivity index (χ0) is 24.9. The van der Waals surface area contributed by atoms with Crippen molar-refractivity contribution in [3.05, 3.63) is 95.6 Å². The third-order valence-corrected chi connectivity index (χ3v) is 9.67. The lowest BCUT2D eigenvalue weighted by atomic mass is 9.83. The first-order chi connectivity index (χ1) is 18.2. The molecule has 2 aliphatic carbocycles. The van der Waals surface area contributed by atoms with Crippen molar-refractivity contribution < 1.29 is 4.74 Å². The first-order valence-electron chi connectivity index (χ1n) is 14.2. The fourth-order valence-corrected chi connectivity index (χ4v) is 7.63. The molecule has 2 heteroatoms. The van der Waals surface area contributed by atoms with Crippen molar-refractivity contribution in [2.45, 2.75) is 51.0 Å². The van der Waals surface area contributed by atoms with E-state index in [2.05, 4.69) is 90.7 Å². The third kappa shape index (κ3) is 4.16. The fourth-order valence-electron chi connectivity index (χ4n) is 7.63. The first-order valence-corrected chi connectivity index (χ1v) is 14.2. The van der Waals surface area contributed by atoms with Crippen LogP contribution in [-0.2, 0) is 0 Å². The summed E-state index contributed by atoms with van der Waals surface area (Å²) in [5.41, 5.74) is 6.44. The smallest absolute Gasteiger partial charge is 0.119 e. The Morgan fingerprint density at radius 3 is 2.35 bits per heavy atom. The van der Waals surface area contributed by atoms with Crippen LogP contribution in [0.1, 0.15) is 56.1 Å². The number of piperidine rings is 1. The van der Waals surface area contributed by atoms with E-state index in [1.165, 1.54) is 71.3 Å². The predicted octanol–water partition coefficient (Wildman–Crippen LogP) is 8.45. The van der Waals surface area contributed by atoms with Gasteiger partial charge in [-0.05, 0) is 125 Å². The number of allylic oxidation sites excluding steroid dienone is 1. The minimum atomic E-state index is 0.606. The van der Waals surface area contributed by atoms with Crippen LogP contribution >= 0.6 is 0 Å². The molecule has 4 atom stereocenters. The highest BCUT2D eigenvalue weighted by atomic mass is 16.5. The summed E-state index contributed by atoms with van der Waals surface area (Å²) in [6.45, 7) is 4.81. The minimum absolute atomic E-state index is 0.606. The molecule has 1 heterocycles. The summed E-state index contributed by atoms with van der Waals surface area (Å²) in [6, 6.07) is 30.0. The summed E-state index contributed by atoms with van der Waals surface area (Å²) in [6.07, 6.45) is 6.64. The van der Waals surface area contributed by atoms with Crippen molar-refractivity contribution >= 4 is 27.1 Å². The highest BCUT2D eigenvalue weighted by molar-refractivity contribution is 5.88. The number of benzene rings is 4. The van der Waals surface area contributed by atoms with Crippen molar-refractivity contribution in [3.8, 4) is 5.75 Å². The van der Waals surface area contributed by atoms with Crippen LogP contribution in [0.4, 0.5) is 0 Å². The van der Waals surface area contributed by atoms with Gasteiger partial charge in [-0.1, -0.05) is 60.7 Å². The Labute approximate surface area is 220 Å².